The Morgan fingerprint density at radius 3 is 1.76 bits per heavy atom. The highest BCUT2D eigenvalue weighted by molar-refractivity contribution is 7.25. The summed E-state index contributed by atoms with van der Waals surface area (Å²) >= 11 is 1.86. The summed E-state index contributed by atoms with van der Waals surface area (Å²) in [6.07, 6.45) is 0. The number of nitrogens with zero attached hydrogens (tertiary/aromatic N) is 2. The van der Waals surface area contributed by atoms with Crippen molar-refractivity contribution in [3.05, 3.63) is 182 Å². The molecule has 0 N–H and O–H groups in total. The quantitative estimate of drug-likeness (QED) is 0.170. The van der Waals surface area contributed by atoms with E-state index in [1.807, 2.05) is 11.3 Å². The minimum absolute atomic E-state index is 1.12. The third-order valence-corrected chi connectivity index (χ3v) is 11.7. The van der Waals surface area contributed by atoms with Gasteiger partial charge in [-0.1, -0.05) is 115 Å². The van der Waals surface area contributed by atoms with E-state index in [1.54, 1.807) is 0 Å². The molecule has 0 bridgehead atoms. The molecule has 2 nitrogen and oxygen atoms in total. The Morgan fingerprint density at radius 2 is 0.902 bits per heavy atom. The largest absolute Gasteiger partial charge is 0.310 e. The van der Waals surface area contributed by atoms with Gasteiger partial charge in [0, 0.05) is 53.7 Å². The second-order valence-electron chi connectivity index (χ2n) is 13.4. The number of aromatic nitrogens is 1. The Bertz CT molecular complexity index is 3150. The first kappa shape index (κ1) is 28.4. The molecule has 51 heavy (non-hydrogen) atoms. The summed E-state index contributed by atoms with van der Waals surface area (Å²) in [6.45, 7) is 0. The first-order valence-corrected chi connectivity index (χ1v) is 18.2. The van der Waals surface area contributed by atoms with E-state index < -0.39 is 0 Å². The molecule has 0 saturated heterocycles. The molecule has 0 unspecified atom stereocenters. The van der Waals surface area contributed by atoms with E-state index in [-0.39, 0.29) is 0 Å². The van der Waals surface area contributed by atoms with Gasteiger partial charge in [-0.2, -0.15) is 0 Å². The van der Waals surface area contributed by atoms with Gasteiger partial charge in [0.1, 0.15) is 0 Å². The fourth-order valence-electron chi connectivity index (χ4n) is 8.21. The van der Waals surface area contributed by atoms with Crippen molar-refractivity contribution in [1.29, 1.82) is 0 Å². The number of hydrogen-bond acceptors (Lipinski definition) is 2. The predicted molar refractivity (Wildman–Crippen MR) is 221 cm³/mol. The minimum atomic E-state index is 1.12. The first-order chi connectivity index (χ1) is 25.3. The smallest absolute Gasteiger partial charge is 0.0561 e. The molecule has 0 radical (unpaired) electrons. The molecule has 11 rings (SSSR count). The summed E-state index contributed by atoms with van der Waals surface area (Å²) in [4.78, 5) is 2.43. The molecule has 0 amide bonds. The molecule has 0 spiro atoms. The van der Waals surface area contributed by atoms with Crippen LogP contribution in [-0.4, -0.2) is 4.57 Å². The fraction of sp³-hybridized carbons (Fsp3) is 0. The first-order valence-electron chi connectivity index (χ1n) is 17.4. The van der Waals surface area contributed by atoms with E-state index in [9.17, 15) is 0 Å². The summed E-state index contributed by atoms with van der Waals surface area (Å²) in [6, 6.07) is 66.9. The predicted octanol–water partition coefficient (Wildman–Crippen LogP) is 14.1. The Hall–Kier alpha value is -6.42. The van der Waals surface area contributed by atoms with Crippen LogP contribution in [0.5, 0.6) is 0 Å². The van der Waals surface area contributed by atoms with E-state index in [0.29, 0.717) is 0 Å². The summed E-state index contributed by atoms with van der Waals surface area (Å²) in [5.74, 6) is 0. The van der Waals surface area contributed by atoms with Gasteiger partial charge in [-0.25, -0.2) is 0 Å². The lowest BCUT2D eigenvalue weighted by molar-refractivity contribution is 1.18. The zero-order valence-corrected chi connectivity index (χ0v) is 28.4. The highest BCUT2D eigenvalue weighted by Crippen LogP contribution is 2.44. The molecule has 3 heteroatoms. The van der Waals surface area contributed by atoms with Gasteiger partial charge in [0.05, 0.1) is 11.0 Å². The maximum absolute atomic E-state index is 2.43. The summed E-state index contributed by atoms with van der Waals surface area (Å²) in [5.41, 5.74) is 6.93. The van der Waals surface area contributed by atoms with Crippen LogP contribution in [0, 0.1) is 0 Å². The average molecular weight is 667 g/mol. The molecular formula is C48H30N2S. The van der Waals surface area contributed by atoms with Crippen molar-refractivity contribution in [2.75, 3.05) is 4.90 Å². The van der Waals surface area contributed by atoms with Gasteiger partial charge in [0.15, 0.2) is 0 Å². The molecule has 11 aromatic rings. The SMILES string of the molecule is c1ccc(-n2c3ccccc3c3ccc(N(c4ccc5c(ccc6c7ccccc7ccc56)c4)c4ccc5sc6ccccc6c5c4)cc32)cc1. The molecule has 0 atom stereocenters. The van der Waals surface area contributed by atoms with Crippen LogP contribution in [0.15, 0.2) is 182 Å². The molecule has 0 aliphatic heterocycles. The van der Waals surface area contributed by atoms with Gasteiger partial charge in [0.25, 0.3) is 0 Å². The number of hydrogen-bond donors (Lipinski definition) is 0. The zero-order chi connectivity index (χ0) is 33.5. The molecule has 0 saturated carbocycles. The third kappa shape index (κ3) is 4.35. The minimum Gasteiger partial charge on any atom is -0.310 e. The molecule has 2 heterocycles. The van der Waals surface area contributed by atoms with Gasteiger partial charge < -0.3 is 9.47 Å². The number of para-hydroxylation sites is 2. The Labute approximate surface area is 298 Å². The van der Waals surface area contributed by atoms with Crippen LogP contribution in [0.2, 0.25) is 0 Å². The second-order valence-corrected chi connectivity index (χ2v) is 14.4. The van der Waals surface area contributed by atoms with Crippen LogP contribution in [-0.2, 0) is 0 Å². The van der Waals surface area contributed by atoms with Crippen LogP contribution < -0.4 is 4.90 Å². The maximum atomic E-state index is 2.43. The Balaban J connectivity index is 1.17. The van der Waals surface area contributed by atoms with Crippen LogP contribution in [0.25, 0.3) is 80.0 Å². The van der Waals surface area contributed by atoms with Crippen molar-refractivity contribution in [3.63, 3.8) is 0 Å². The number of fused-ring (bicyclic) bond motifs is 11. The van der Waals surface area contributed by atoms with Gasteiger partial charge in [-0.05, 0) is 99.0 Å². The normalized spacial score (nSPS) is 11.9. The highest BCUT2D eigenvalue weighted by atomic mass is 32.1. The van der Waals surface area contributed by atoms with Gasteiger partial charge in [-0.15, -0.1) is 11.3 Å². The van der Waals surface area contributed by atoms with Crippen molar-refractivity contribution >= 4 is 103 Å². The van der Waals surface area contributed by atoms with Crippen molar-refractivity contribution in [1.82, 2.24) is 4.57 Å². The Morgan fingerprint density at radius 1 is 0.333 bits per heavy atom. The zero-order valence-electron chi connectivity index (χ0n) is 27.6. The summed E-state index contributed by atoms with van der Waals surface area (Å²) < 4.78 is 5.02. The number of benzene rings is 9. The molecule has 0 aliphatic rings. The van der Waals surface area contributed by atoms with Crippen molar-refractivity contribution < 1.29 is 0 Å². The third-order valence-electron chi connectivity index (χ3n) is 10.5. The standard InChI is InChI=1S/C48H30N2S/c1-2-11-33(12-3-1)50-45-16-8-6-14-41(45)42-26-21-36(30-46(42)50)49(35-22-27-48-44(29-35)43-15-7-9-17-47(43)51-48)34-20-25-38-32(28-34)19-24-39-37-13-5-4-10-31(37)18-23-40(38)39/h1-30H. The average Bonchev–Trinajstić information content (AvgIpc) is 3.73. The molecule has 238 valence electrons. The van der Waals surface area contributed by atoms with E-state index in [0.717, 1.165) is 22.7 Å². The molecule has 2 aromatic heterocycles. The van der Waals surface area contributed by atoms with Gasteiger partial charge >= 0.3 is 0 Å². The topological polar surface area (TPSA) is 8.17 Å². The van der Waals surface area contributed by atoms with Crippen LogP contribution in [0.1, 0.15) is 0 Å². The van der Waals surface area contributed by atoms with Crippen molar-refractivity contribution in [2.24, 2.45) is 0 Å². The molecule has 0 fully saturated rings. The number of thiophene rings is 1. The maximum Gasteiger partial charge on any atom is 0.0561 e. The fourth-order valence-corrected chi connectivity index (χ4v) is 9.30. The van der Waals surface area contributed by atoms with E-state index in [4.69, 9.17) is 0 Å². The highest BCUT2D eigenvalue weighted by Gasteiger charge is 2.19. The van der Waals surface area contributed by atoms with Gasteiger partial charge in [0.2, 0.25) is 0 Å². The van der Waals surface area contributed by atoms with E-state index >= 15 is 0 Å². The van der Waals surface area contributed by atoms with Gasteiger partial charge in [-0.3, -0.25) is 0 Å². The number of rotatable bonds is 4. The van der Waals surface area contributed by atoms with Crippen molar-refractivity contribution in [3.8, 4) is 5.69 Å². The molecule has 0 aliphatic carbocycles. The van der Waals surface area contributed by atoms with Crippen LogP contribution in [0.3, 0.4) is 0 Å². The van der Waals surface area contributed by atoms with E-state index in [2.05, 4.69) is 191 Å². The second kappa shape index (κ2) is 11.0. The van der Waals surface area contributed by atoms with Crippen LogP contribution in [0.4, 0.5) is 17.1 Å². The molecule has 9 aromatic carbocycles. The monoisotopic (exact) mass is 666 g/mol. The lowest BCUT2D eigenvalue weighted by Crippen LogP contribution is -2.10. The van der Waals surface area contributed by atoms with Crippen molar-refractivity contribution in [2.45, 2.75) is 0 Å². The summed E-state index contributed by atoms with van der Waals surface area (Å²) in [5, 5.41) is 12.7. The molecular weight excluding hydrogens is 637 g/mol. The Kier molecular flexibility index (Phi) is 6.16. The lowest BCUT2D eigenvalue weighted by Gasteiger charge is -2.26. The van der Waals surface area contributed by atoms with E-state index in [1.165, 1.54) is 74.3 Å². The van der Waals surface area contributed by atoms with Crippen LogP contribution >= 0.6 is 11.3 Å². The summed E-state index contributed by atoms with van der Waals surface area (Å²) in [7, 11) is 0. The number of anilines is 3. The lowest BCUT2D eigenvalue weighted by atomic mass is 9.96.